The van der Waals surface area contributed by atoms with Crippen LogP contribution in [0.15, 0.2) is 66.9 Å². The average Bonchev–Trinajstić information content (AvgIpc) is 3.79. The normalized spacial score (nSPS) is 16.8. The van der Waals surface area contributed by atoms with Crippen molar-refractivity contribution in [2.75, 3.05) is 50.1 Å². The predicted molar refractivity (Wildman–Crippen MR) is 217 cm³/mol. The van der Waals surface area contributed by atoms with Crippen LogP contribution in [0.1, 0.15) is 72.1 Å². The van der Waals surface area contributed by atoms with Gasteiger partial charge in [-0.3, -0.25) is 39.3 Å². The Labute approximate surface area is 339 Å². The van der Waals surface area contributed by atoms with E-state index in [0.717, 1.165) is 61.3 Å². The van der Waals surface area contributed by atoms with Crippen LogP contribution in [0.25, 0.3) is 33.7 Å². The number of hydrogen-bond donors (Lipinski definition) is 3. The van der Waals surface area contributed by atoms with E-state index in [0.29, 0.717) is 54.2 Å². The molecule has 5 amide bonds. The zero-order chi connectivity index (χ0) is 41.0. The van der Waals surface area contributed by atoms with E-state index < -0.39 is 35.5 Å². The van der Waals surface area contributed by atoms with Gasteiger partial charge in [-0.05, 0) is 55.7 Å². The van der Waals surface area contributed by atoms with Crippen LogP contribution >= 0.6 is 0 Å². The minimum absolute atomic E-state index is 0.0722. The number of carbonyl (C=O) groups is 5. The molecule has 15 nitrogen and oxygen atoms in total. The number of hydrogen-bond acceptors (Lipinski definition) is 11. The summed E-state index contributed by atoms with van der Waals surface area (Å²) < 4.78 is 20.1. The van der Waals surface area contributed by atoms with Gasteiger partial charge in [0, 0.05) is 62.5 Å². The molecule has 3 aliphatic rings. The third-order valence-electron chi connectivity index (χ3n) is 11.2. The van der Waals surface area contributed by atoms with Gasteiger partial charge in [0.15, 0.2) is 5.82 Å². The maximum absolute atomic E-state index is 14.8. The number of unbranched alkanes of at least 4 members (excludes halogenated alkanes) is 4. The molecule has 5 aromatic rings. The number of imide groups is 2. The second-order valence-corrected chi connectivity index (χ2v) is 14.9. The summed E-state index contributed by atoms with van der Waals surface area (Å²) in [7, 11) is 1.48. The molecule has 0 radical (unpaired) electrons. The smallest absolute Gasteiger partial charge is 0.264 e. The fourth-order valence-electron chi connectivity index (χ4n) is 8.05. The highest BCUT2D eigenvalue weighted by molar-refractivity contribution is 6.25. The standard InChI is InChI=1S/C43H44FN9O6/c1-59-33-12-8-10-29(44)37(33)40-46-25-31-39(48-40)38(50-49-31)26-14-16-27(17-15-26)51-21-23-52(24-22-51)35(55)13-5-3-2-4-6-20-45-30-11-7-9-28-36(30)43(58)53(42(28)57)32-18-19-34(54)47-41(32)56/h7-12,14-17,25,32,45H,2-6,13,18-24H2,1H3,(H,49,50)(H,47,54,56). The van der Waals surface area contributed by atoms with Crippen LogP contribution in [0.5, 0.6) is 5.75 Å². The first-order valence-electron chi connectivity index (χ1n) is 20.0. The van der Waals surface area contributed by atoms with E-state index in [1.165, 1.54) is 13.2 Å². The molecule has 3 aliphatic heterocycles. The van der Waals surface area contributed by atoms with Crippen LogP contribution in [0.4, 0.5) is 15.8 Å². The van der Waals surface area contributed by atoms with Crippen molar-refractivity contribution in [3.63, 3.8) is 0 Å². The number of H-pyrrole nitrogens is 1. The number of amides is 5. The van der Waals surface area contributed by atoms with Gasteiger partial charge in [0.05, 0.1) is 30.0 Å². The molecule has 0 bridgehead atoms. The quantitative estimate of drug-likeness (QED) is 0.0974. The van der Waals surface area contributed by atoms with E-state index in [2.05, 4.69) is 35.7 Å². The van der Waals surface area contributed by atoms with Crippen LogP contribution < -0.4 is 20.3 Å². The Balaban J connectivity index is 0.755. The van der Waals surface area contributed by atoms with Gasteiger partial charge in [-0.15, -0.1) is 0 Å². The number of benzene rings is 3. The first-order chi connectivity index (χ1) is 28.7. The molecule has 1 unspecified atom stereocenters. The zero-order valence-electron chi connectivity index (χ0n) is 32.6. The van der Waals surface area contributed by atoms with E-state index in [1.807, 2.05) is 29.2 Å². The van der Waals surface area contributed by atoms with Gasteiger partial charge in [-0.1, -0.05) is 43.5 Å². The highest BCUT2D eigenvalue weighted by Gasteiger charge is 2.45. The summed E-state index contributed by atoms with van der Waals surface area (Å²) in [5.74, 6) is -1.84. The molecule has 3 aromatic carbocycles. The van der Waals surface area contributed by atoms with Gasteiger partial charge in [0.25, 0.3) is 11.8 Å². The molecule has 3 N–H and O–H groups in total. The summed E-state index contributed by atoms with van der Waals surface area (Å²) >= 11 is 0. The number of aromatic nitrogens is 4. The number of anilines is 2. The molecule has 0 spiro atoms. The summed E-state index contributed by atoms with van der Waals surface area (Å²) in [5, 5.41) is 13.0. The predicted octanol–water partition coefficient (Wildman–Crippen LogP) is 5.34. The molecule has 2 aromatic heterocycles. The van der Waals surface area contributed by atoms with Crippen molar-refractivity contribution in [1.29, 1.82) is 0 Å². The van der Waals surface area contributed by atoms with Crippen LogP contribution in [0.2, 0.25) is 0 Å². The lowest BCUT2D eigenvalue weighted by atomic mass is 10.0. The molecule has 16 heteroatoms. The Morgan fingerprint density at radius 2 is 1.66 bits per heavy atom. The fraction of sp³-hybridized carbons (Fsp3) is 0.349. The monoisotopic (exact) mass is 801 g/mol. The second-order valence-electron chi connectivity index (χ2n) is 14.9. The zero-order valence-corrected chi connectivity index (χ0v) is 32.6. The SMILES string of the molecule is COc1cccc(F)c1-c1ncc2[nH]nc(-c3ccc(N4CCN(C(=O)CCCCCCCNc5cccc6c5C(=O)N(C5CCC(=O)NC5=O)C6=O)CC4)cc3)c2n1. The minimum Gasteiger partial charge on any atom is -0.496 e. The Bertz CT molecular complexity index is 2430. The van der Waals surface area contributed by atoms with Crippen molar-refractivity contribution < 1.29 is 33.1 Å². The first kappa shape index (κ1) is 39.1. The van der Waals surface area contributed by atoms with Crippen molar-refractivity contribution in [2.24, 2.45) is 0 Å². The van der Waals surface area contributed by atoms with E-state index >= 15 is 0 Å². The van der Waals surface area contributed by atoms with Gasteiger partial charge >= 0.3 is 0 Å². The Morgan fingerprint density at radius 1 is 0.898 bits per heavy atom. The maximum Gasteiger partial charge on any atom is 0.264 e. The number of halogens is 1. The summed E-state index contributed by atoms with van der Waals surface area (Å²) in [6.45, 7) is 3.36. The molecule has 59 heavy (non-hydrogen) atoms. The summed E-state index contributed by atoms with van der Waals surface area (Å²) in [4.78, 5) is 77.6. The number of methoxy groups -OCH3 is 1. The van der Waals surface area contributed by atoms with Gasteiger partial charge in [-0.25, -0.2) is 14.4 Å². The first-order valence-corrected chi connectivity index (χ1v) is 20.0. The van der Waals surface area contributed by atoms with E-state index in [4.69, 9.17) is 4.74 Å². The second kappa shape index (κ2) is 17.0. The number of rotatable bonds is 14. The van der Waals surface area contributed by atoms with Crippen molar-refractivity contribution in [3.8, 4) is 28.4 Å². The van der Waals surface area contributed by atoms with Crippen LogP contribution in [0.3, 0.4) is 0 Å². The highest BCUT2D eigenvalue weighted by atomic mass is 19.1. The molecular weight excluding hydrogens is 758 g/mol. The van der Waals surface area contributed by atoms with Crippen LogP contribution in [-0.4, -0.2) is 105 Å². The van der Waals surface area contributed by atoms with Crippen LogP contribution in [-0.2, 0) is 14.4 Å². The van der Waals surface area contributed by atoms with E-state index in [1.54, 1.807) is 36.5 Å². The Hall–Kier alpha value is -6.71. The number of nitrogens with zero attached hydrogens (tertiary/aromatic N) is 6. The molecular formula is C43H44FN9O6. The molecule has 0 saturated carbocycles. The van der Waals surface area contributed by atoms with E-state index in [-0.39, 0.29) is 41.3 Å². The number of ether oxygens (including phenoxy) is 1. The van der Waals surface area contributed by atoms with Gasteiger partial charge in [-0.2, -0.15) is 5.10 Å². The lowest BCUT2D eigenvalue weighted by molar-refractivity contribution is -0.136. The number of aromatic amines is 1. The van der Waals surface area contributed by atoms with E-state index in [9.17, 15) is 28.4 Å². The fourth-order valence-corrected chi connectivity index (χ4v) is 8.05. The largest absolute Gasteiger partial charge is 0.496 e. The number of carbonyl (C=O) groups excluding carboxylic acids is 5. The van der Waals surface area contributed by atoms with Gasteiger partial charge < -0.3 is 19.9 Å². The minimum atomic E-state index is -1.00. The van der Waals surface area contributed by atoms with Crippen molar-refractivity contribution in [2.45, 2.75) is 57.4 Å². The molecule has 2 saturated heterocycles. The third kappa shape index (κ3) is 7.94. The summed E-state index contributed by atoms with van der Waals surface area (Å²) in [6, 6.07) is 16.7. The highest BCUT2D eigenvalue weighted by Crippen LogP contribution is 2.34. The van der Waals surface area contributed by atoms with Crippen molar-refractivity contribution >= 4 is 51.9 Å². The summed E-state index contributed by atoms with van der Waals surface area (Å²) in [5.41, 5.74) is 4.99. The average molecular weight is 802 g/mol. The lowest BCUT2D eigenvalue weighted by Gasteiger charge is -2.36. The molecule has 0 aliphatic carbocycles. The van der Waals surface area contributed by atoms with Gasteiger partial charge in [0.1, 0.15) is 34.3 Å². The summed E-state index contributed by atoms with van der Waals surface area (Å²) in [6.07, 6.45) is 6.79. The van der Waals surface area contributed by atoms with Crippen LogP contribution in [0, 0.1) is 5.82 Å². The number of fused-ring (bicyclic) bond motifs is 2. The molecule has 8 rings (SSSR count). The maximum atomic E-state index is 14.8. The van der Waals surface area contributed by atoms with Crippen molar-refractivity contribution in [1.82, 2.24) is 35.3 Å². The van der Waals surface area contributed by atoms with Crippen molar-refractivity contribution in [3.05, 3.63) is 83.8 Å². The lowest BCUT2D eigenvalue weighted by Crippen LogP contribution is -2.54. The Kier molecular flexibility index (Phi) is 11.3. The Morgan fingerprint density at radius 3 is 2.44 bits per heavy atom. The molecule has 5 heterocycles. The van der Waals surface area contributed by atoms with Gasteiger partial charge in [0.2, 0.25) is 17.7 Å². The third-order valence-corrected chi connectivity index (χ3v) is 11.2. The number of nitrogens with one attached hydrogen (secondary N) is 3. The topological polar surface area (TPSA) is 183 Å². The molecule has 304 valence electrons. The molecule has 2 fully saturated rings. The number of piperazine rings is 1. The number of piperidine rings is 1. The molecule has 1 atom stereocenters.